The molecule has 0 saturated heterocycles. The summed E-state index contributed by atoms with van der Waals surface area (Å²) in [6.45, 7) is 10.4. The van der Waals surface area contributed by atoms with Crippen LogP contribution in [0.5, 0.6) is 0 Å². The van der Waals surface area contributed by atoms with E-state index in [9.17, 15) is 0 Å². The van der Waals surface area contributed by atoms with Gasteiger partial charge in [-0.3, -0.25) is 0 Å². The molecule has 0 unspecified atom stereocenters. The number of nitrogens with zero attached hydrogens (tertiary/aromatic N) is 1. The number of aliphatic hydroxyl groups excluding tert-OH is 1. The second-order valence-corrected chi connectivity index (χ2v) is 5.48. The zero-order chi connectivity index (χ0) is 16.7. The first-order chi connectivity index (χ1) is 10.3. The molecular weight excluding hydrogens is 272 g/mol. The fourth-order valence-electron chi connectivity index (χ4n) is 2.12. The lowest BCUT2D eigenvalue weighted by molar-refractivity contribution is -0.641. The van der Waals surface area contributed by atoms with E-state index in [-0.39, 0.29) is 6.61 Å². The van der Waals surface area contributed by atoms with Crippen molar-refractivity contribution in [2.45, 2.75) is 34.6 Å². The van der Waals surface area contributed by atoms with Crippen LogP contribution >= 0.6 is 0 Å². The molecule has 22 heavy (non-hydrogen) atoms. The molecule has 116 valence electrons. The van der Waals surface area contributed by atoms with Crippen LogP contribution in [0.2, 0.25) is 0 Å². The van der Waals surface area contributed by atoms with Crippen LogP contribution in [0, 0.1) is 46.5 Å². The van der Waals surface area contributed by atoms with Crippen molar-refractivity contribution in [2.24, 2.45) is 0 Å². The molecule has 0 spiro atoms. The van der Waals surface area contributed by atoms with E-state index >= 15 is 0 Å². The molecule has 0 aliphatic rings. The number of pyridine rings is 1. The lowest BCUT2D eigenvalue weighted by atomic mass is 10.0. The largest absolute Gasteiger partial charge is 0.384 e. The molecule has 1 aromatic heterocycles. The first kappa shape index (κ1) is 17.7. The topological polar surface area (TPSA) is 50.1 Å². The average Bonchev–Trinajstić information content (AvgIpc) is 2.44. The first-order valence-corrected chi connectivity index (χ1v) is 7.26. The Kier molecular flexibility index (Phi) is 6.62. The van der Waals surface area contributed by atoms with E-state index in [0.717, 1.165) is 5.56 Å². The number of hydrogen-bond acceptors (Lipinski definition) is 2. The summed E-state index contributed by atoms with van der Waals surface area (Å²) in [4.78, 5) is 0. The van der Waals surface area contributed by atoms with Crippen LogP contribution < -0.4 is 10.5 Å². The van der Waals surface area contributed by atoms with Crippen molar-refractivity contribution >= 4 is 0 Å². The van der Waals surface area contributed by atoms with E-state index in [1.54, 1.807) is 6.20 Å². The highest BCUT2D eigenvalue weighted by Crippen LogP contribution is 2.13. The van der Waals surface area contributed by atoms with Crippen LogP contribution in [0.3, 0.4) is 0 Å². The quantitative estimate of drug-likeness (QED) is 0.445. The minimum absolute atomic E-state index is 0.145. The summed E-state index contributed by atoms with van der Waals surface area (Å²) >= 11 is 0. The normalized spacial score (nSPS) is 9.36. The molecule has 3 N–H and O–H groups in total. The van der Waals surface area contributed by atoms with Crippen LogP contribution in [0.15, 0.2) is 30.5 Å². The lowest BCUT2D eigenvalue weighted by Gasteiger charge is -2.04. The van der Waals surface area contributed by atoms with Crippen LogP contribution in [-0.4, -0.2) is 11.7 Å². The van der Waals surface area contributed by atoms with Gasteiger partial charge in [0.1, 0.15) is 6.61 Å². The molecule has 0 bridgehead atoms. The van der Waals surface area contributed by atoms with Gasteiger partial charge in [-0.25, -0.2) is 5.84 Å². The van der Waals surface area contributed by atoms with E-state index in [4.69, 9.17) is 10.9 Å². The standard InChI is InChI=1S/C10H14.C9H11N2O/c1-7-5-8(2)10(4)9(3)6-7;1-8-4-5-9(3-2-6-12)11(10)7-8/h5-6H,1-4H3;4-5,7,12H,6,10H2,1H3/q;+1. The molecule has 0 amide bonds. The third-order valence-corrected chi connectivity index (χ3v) is 3.49. The van der Waals surface area contributed by atoms with Gasteiger partial charge in [0, 0.05) is 17.6 Å². The van der Waals surface area contributed by atoms with Gasteiger partial charge >= 0.3 is 0 Å². The second-order valence-electron chi connectivity index (χ2n) is 5.48. The van der Waals surface area contributed by atoms with Crippen molar-refractivity contribution < 1.29 is 9.78 Å². The molecule has 0 aliphatic carbocycles. The average molecular weight is 297 g/mol. The number of rotatable bonds is 0. The van der Waals surface area contributed by atoms with Crippen molar-refractivity contribution in [3.05, 3.63) is 64.0 Å². The van der Waals surface area contributed by atoms with Gasteiger partial charge in [0.15, 0.2) is 0 Å². The van der Waals surface area contributed by atoms with E-state index in [1.165, 1.54) is 26.9 Å². The Balaban J connectivity index is 0.000000224. The van der Waals surface area contributed by atoms with Crippen LogP contribution in [-0.2, 0) is 0 Å². The number of nitrogen functional groups attached to an aromatic ring is 1. The molecule has 3 heteroatoms. The summed E-state index contributed by atoms with van der Waals surface area (Å²) in [6, 6.07) is 8.19. The van der Waals surface area contributed by atoms with Crippen molar-refractivity contribution in [1.29, 1.82) is 0 Å². The maximum Gasteiger partial charge on any atom is 0.285 e. The number of aliphatic hydroxyl groups is 1. The number of hydrogen-bond donors (Lipinski definition) is 2. The van der Waals surface area contributed by atoms with Gasteiger partial charge in [0.2, 0.25) is 6.20 Å². The molecule has 0 saturated carbocycles. The third kappa shape index (κ3) is 5.23. The second kappa shape index (κ2) is 8.21. The summed E-state index contributed by atoms with van der Waals surface area (Å²) < 4.78 is 1.44. The van der Waals surface area contributed by atoms with E-state index in [1.807, 2.05) is 19.1 Å². The van der Waals surface area contributed by atoms with Gasteiger partial charge in [-0.1, -0.05) is 28.3 Å². The predicted octanol–water partition coefficient (Wildman–Crippen LogP) is 2.26. The van der Waals surface area contributed by atoms with Gasteiger partial charge in [0.25, 0.3) is 5.69 Å². The molecule has 2 rings (SSSR count). The molecule has 0 radical (unpaired) electrons. The van der Waals surface area contributed by atoms with E-state index in [2.05, 4.69) is 51.7 Å². The van der Waals surface area contributed by atoms with Gasteiger partial charge < -0.3 is 5.11 Å². The highest BCUT2D eigenvalue weighted by molar-refractivity contribution is 5.36. The molecule has 0 fully saturated rings. The van der Waals surface area contributed by atoms with Crippen molar-refractivity contribution in [2.75, 3.05) is 12.4 Å². The van der Waals surface area contributed by atoms with E-state index in [0.29, 0.717) is 5.69 Å². The summed E-state index contributed by atoms with van der Waals surface area (Å²) in [5.41, 5.74) is 7.35. The van der Waals surface area contributed by atoms with Gasteiger partial charge in [-0.2, -0.15) is 0 Å². The van der Waals surface area contributed by atoms with E-state index < -0.39 is 0 Å². The van der Waals surface area contributed by atoms with Gasteiger partial charge in [0.05, 0.1) is 0 Å². The maximum absolute atomic E-state index is 8.45. The SMILES string of the molecule is Cc1cc(C)c(C)c(C)c1.Cc1ccc(C#CCO)[n+](N)c1. The van der Waals surface area contributed by atoms with Gasteiger partial charge in [-0.05, 0) is 57.4 Å². The zero-order valence-electron chi connectivity index (χ0n) is 14.1. The van der Waals surface area contributed by atoms with Crippen LogP contribution in [0.4, 0.5) is 0 Å². The Hall–Kier alpha value is -2.31. The molecule has 3 nitrogen and oxygen atoms in total. The monoisotopic (exact) mass is 297 g/mol. The maximum atomic E-state index is 8.45. The number of aryl methyl sites for hydroxylation is 4. The minimum atomic E-state index is -0.145. The smallest absolute Gasteiger partial charge is 0.285 e. The van der Waals surface area contributed by atoms with Crippen molar-refractivity contribution in [1.82, 2.24) is 0 Å². The minimum Gasteiger partial charge on any atom is -0.384 e. The lowest BCUT2D eigenvalue weighted by Crippen LogP contribution is -2.47. The van der Waals surface area contributed by atoms with Gasteiger partial charge in [-0.15, -0.1) is 0 Å². The Bertz CT molecular complexity index is 686. The predicted molar refractivity (Wildman–Crippen MR) is 90.9 cm³/mol. The fourth-order valence-corrected chi connectivity index (χ4v) is 2.12. The fraction of sp³-hybridized carbons (Fsp3) is 0.316. The summed E-state index contributed by atoms with van der Waals surface area (Å²) in [5.74, 6) is 10.9. The van der Waals surface area contributed by atoms with Crippen LogP contribution in [0.25, 0.3) is 0 Å². The highest BCUT2D eigenvalue weighted by Gasteiger charge is 2.02. The summed E-state index contributed by atoms with van der Waals surface area (Å²) in [6.07, 6.45) is 1.78. The Morgan fingerprint density at radius 1 is 1.00 bits per heavy atom. The summed E-state index contributed by atoms with van der Waals surface area (Å²) in [5, 5.41) is 8.45. The van der Waals surface area contributed by atoms with Crippen molar-refractivity contribution in [3.63, 3.8) is 0 Å². The number of benzene rings is 1. The molecule has 1 aromatic carbocycles. The molecule has 1 heterocycles. The molecule has 2 aromatic rings. The number of aromatic nitrogens is 1. The Morgan fingerprint density at radius 3 is 2.09 bits per heavy atom. The summed E-state index contributed by atoms with van der Waals surface area (Å²) in [7, 11) is 0. The molecule has 0 atom stereocenters. The zero-order valence-corrected chi connectivity index (χ0v) is 14.1. The highest BCUT2D eigenvalue weighted by atomic mass is 16.2. The Labute approximate surface area is 133 Å². The number of nitrogens with two attached hydrogens (primary N) is 1. The Morgan fingerprint density at radius 2 is 1.59 bits per heavy atom. The van der Waals surface area contributed by atoms with Crippen molar-refractivity contribution in [3.8, 4) is 11.8 Å². The molecular formula is C19H25N2O+. The first-order valence-electron chi connectivity index (χ1n) is 7.26. The third-order valence-electron chi connectivity index (χ3n) is 3.49. The van der Waals surface area contributed by atoms with Crippen LogP contribution in [0.1, 0.15) is 33.5 Å². The molecule has 0 aliphatic heterocycles.